The van der Waals surface area contributed by atoms with Crippen molar-refractivity contribution >= 4 is 64.5 Å². The molecule has 12 nitrogen and oxygen atoms in total. The number of halogens is 2. The summed E-state index contributed by atoms with van der Waals surface area (Å²) in [4.78, 5) is 75.0. The number of carbonyl (C=O) groups is 6. The highest BCUT2D eigenvalue weighted by Crippen LogP contribution is 2.21. The van der Waals surface area contributed by atoms with Crippen molar-refractivity contribution in [3.05, 3.63) is 99.5 Å². The van der Waals surface area contributed by atoms with Crippen molar-refractivity contribution < 1.29 is 43.3 Å². The van der Waals surface area contributed by atoms with Crippen LogP contribution >= 0.6 is 23.2 Å². The molecule has 2 atom stereocenters. The fourth-order valence-corrected chi connectivity index (χ4v) is 3.75. The number of ether oxygens (including phenoxy) is 2. The Labute approximate surface area is 248 Å². The van der Waals surface area contributed by atoms with Crippen LogP contribution in [-0.2, 0) is 23.9 Å². The number of esters is 2. The van der Waals surface area contributed by atoms with Gasteiger partial charge < -0.3 is 19.9 Å². The number of anilines is 1. The van der Waals surface area contributed by atoms with E-state index in [9.17, 15) is 33.9 Å². The first-order valence-corrected chi connectivity index (χ1v) is 12.9. The third-order valence-electron chi connectivity index (χ3n) is 5.48. The average Bonchev–Trinajstić information content (AvgIpc) is 2.97. The molecule has 42 heavy (non-hydrogen) atoms. The molecular formula is C28H23Cl2N3O9. The number of nitrogens with one attached hydrogen (secondary N) is 3. The lowest BCUT2D eigenvalue weighted by molar-refractivity contribution is -0.159. The fourth-order valence-electron chi connectivity index (χ4n) is 3.32. The first-order valence-electron chi connectivity index (χ1n) is 12.2. The second-order valence-electron chi connectivity index (χ2n) is 8.37. The second-order valence-corrected chi connectivity index (χ2v) is 9.19. The predicted octanol–water partition coefficient (Wildman–Crippen LogP) is 3.64. The molecular weight excluding hydrogens is 593 g/mol. The van der Waals surface area contributed by atoms with Crippen molar-refractivity contribution in [2.24, 2.45) is 0 Å². The van der Waals surface area contributed by atoms with Gasteiger partial charge in [-0.2, -0.15) is 0 Å². The summed E-state index contributed by atoms with van der Waals surface area (Å²) in [5, 5.41) is 12.3. The van der Waals surface area contributed by atoms with E-state index in [0.29, 0.717) is 5.69 Å². The number of carboxylic acids is 1. The Morgan fingerprint density at radius 3 is 1.71 bits per heavy atom. The van der Waals surface area contributed by atoms with Crippen molar-refractivity contribution in [2.75, 3.05) is 5.32 Å². The van der Waals surface area contributed by atoms with Crippen molar-refractivity contribution in [3.63, 3.8) is 0 Å². The minimum absolute atomic E-state index is 0.0503. The quantitative estimate of drug-likeness (QED) is 0.196. The highest BCUT2D eigenvalue weighted by Gasteiger charge is 2.41. The maximum atomic E-state index is 13.1. The Kier molecular flexibility index (Phi) is 11.0. The van der Waals surface area contributed by atoms with Crippen LogP contribution < -0.4 is 16.2 Å². The number of carboxylic acid groups (broad SMARTS) is 1. The molecule has 0 fully saturated rings. The molecule has 0 unspecified atom stereocenters. The summed E-state index contributed by atoms with van der Waals surface area (Å²) in [5.74, 6) is -6.71. The Balaban J connectivity index is 1.82. The van der Waals surface area contributed by atoms with Crippen molar-refractivity contribution in [1.82, 2.24) is 10.9 Å². The van der Waals surface area contributed by atoms with Crippen LogP contribution in [0.5, 0.6) is 0 Å². The zero-order valence-electron chi connectivity index (χ0n) is 21.8. The smallest absolute Gasteiger partial charge is 0.349 e. The number of aliphatic carboxylic acids is 1. The van der Waals surface area contributed by atoms with Crippen LogP contribution in [0.1, 0.15) is 44.4 Å². The summed E-state index contributed by atoms with van der Waals surface area (Å²) >= 11 is 12.0. The Morgan fingerprint density at radius 2 is 1.24 bits per heavy atom. The van der Waals surface area contributed by atoms with E-state index in [2.05, 4.69) is 10.7 Å². The second kappa shape index (κ2) is 14.6. The summed E-state index contributed by atoms with van der Waals surface area (Å²) in [6, 6.07) is 16.8. The number of hydrazine groups is 1. The Bertz CT molecular complexity index is 1510. The summed E-state index contributed by atoms with van der Waals surface area (Å²) in [7, 11) is 0. The summed E-state index contributed by atoms with van der Waals surface area (Å²) in [5.41, 5.74) is 4.09. The minimum atomic E-state index is -2.38. The van der Waals surface area contributed by atoms with Gasteiger partial charge in [-0.3, -0.25) is 25.2 Å². The number of rotatable bonds is 10. The van der Waals surface area contributed by atoms with Gasteiger partial charge in [0.1, 0.15) is 0 Å². The predicted molar refractivity (Wildman–Crippen MR) is 150 cm³/mol. The van der Waals surface area contributed by atoms with Crippen molar-refractivity contribution in [1.29, 1.82) is 0 Å². The van der Waals surface area contributed by atoms with E-state index in [1.54, 1.807) is 6.92 Å². The summed E-state index contributed by atoms with van der Waals surface area (Å²) in [6.07, 6.45) is -4.43. The van der Waals surface area contributed by atoms with Crippen LogP contribution in [0.15, 0.2) is 72.8 Å². The summed E-state index contributed by atoms with van der Waals surface area (Å²) < 4.78 is 10.2. The molecule has 0 saturated carbocycles. The standard InChI is InChI=1S/C28H23Cl2N3O9/c1-2-21(34)31-16-13-11-15(12-14-16)24(35)32-33-25(36)22(41-27(39)17-7-3-5-9-19(17)29)23(26(37)38)42-28(40)18-8-4-6-10-20(18)30/h3-14,22-23H,2H2,1H3,(H,31,34)(H,32,35)(H,33,36)(H,37,38)/t22-,23-/m1/s1. The third kappa shape index (κ3) is 8.29. The van der Waals surface area contributed by atoms with Crippen LogP contribution in [-0.4, -0.2) is 52.9 Å². The van der Waals surface area contributed by atoms with E-state index in [4.69, 9.17) is 32.7 Å². The lowest BCUT2D eigenvalue weighted by atomic mass is 10.1. The molecule has 0 aliphatic rings. The zero-order chi connectivity index (χ0) is 30.8. The van der Waals surface area contributed by atoms with Gasteiger partial charge in [0.15, 0.2) is 0 Å². The first kappa shape index (κ1) is 31.6. The van der Waals surface area contributed by atoms with Gasteiger partial charge in [0.05, 0.1) is 21.2 Å². The molecule has 0 radical (unpaired) electrons. The first-order chi connectivity index (χ1) is 20.0. The lowest BCUT2D eigenvalue weighted by Crippen LogP contribution is -2.54. The minimum Gasteiger partial charge on any atom is -0.478 e. The number of carbonyl (C=O) groups excluding carboxylic acids is 5. The molecule has 0 aliphatic carbocycles. The molecule has 0 aromatic heterocycles. The molecule has 3 amide bonds. The van der Waals surface area contributed by atoms with Gasteiger partial charge in [-0.05, 0) is 48.5 Å². The molecule has 3 aromatic carbocycles. The molecule has 4 N–H and O–H groups in total. The largest absolute Gasteiger partial charge is 0.478 e. The summed E-state index contributed by atoms with van der Waals surface area (Å²) in [6.45, 7) is 1.67. The zero-order valence-corrected chi connectivity index (χ0v) is 23.3. The van der Waals surface area contributed by atoms with Gasteiger partial charge in [0, 0.05) is 17.7 Å². The highest BCUT2D eigenvalue weighted by molar-refractivity contribution is 6.34. The maximum absolute atomic E-state index is 13.1. The Morgan fingerprint density at radius 1 is 0.738 bits per heavy atom. The van der Waals surface area contributed by atoms with Crippen LogP contribution in [0.3, 0.4) is 0 Å². The van der Waals surface area contributed by atoms with E-state index in [1.165, 1.54) is 72.8 Å². The van der Waals surface area contributed by atoms with Crippen LogP contribution in [0.4, 0.5) is 5.69 Å². The average molecular weight is 616 g/mol. The van der Waals surface area contributed by atoms with Gasteiger partial charge in [-0.15, -0.1) is 0 Å². The van der Waals surface area contributed by atoms with Crippen LogP contribution in [0, 0.1) is 0 Å². The normalized spacial score (nSPS) is 11.8. The molecule has 3 rings (SSSR count). The van der Waals surface area contributed by atoms with Gasteiger partial charge in [-0.1, -0.05) is 54.4 Å². The van der Waals surface area contributed by atoms with Crippen molar-refractivity contribution in [2.45, 2.75) is 25.6 Å². The molecule has 218 valence electrons. The van der Waals surface area contributed by atoms with Crippen LogP contribution in [0.25, 0.3) is 0 Å². The molecule has 0 saturated heterocycles. The SMILES string of the molecule is CCC(=O)Nc1ccc(C(=O)NNC(=O)[C@H](OC(=O)c2ccccc2Cl)[C@@H](OC(=O)c2ccccc2Cl)C(=O)O)cc1. The van der Waals surface area contributed by atoms with E-state index in [1.807, 2.05) is 5.43 Å². The van der Waals surface area contributed by atoms with Gasteiger partial charge in [-0.25, -0.2) is 14.4 Å². The van der Waals surface area contributed by atoms with E-state index in [0.717, 1.165) is 0 Å². The van der Waals surface area contributed by atoms with E-state index >= 15 is 0 Å². The highest BCUT2D eigenvalue weighted by atomic mass is 35.5. The maximum Gasteiger partial charge on any atom is 0.349 e. The van der Waals surface area contributed by atoms with Crippen LogP contribution in [0.2, 0.25) is 10.0 Å². The topological polar surface area (TPSA) is 177 Å². The molecule has 0 aliphatic heterocycles. The van der Waals surface area contributed by atoms with E-state index < -0.39 is 41.9 Å². The molecule has 14 heteroatoms. The van der Waals surface area contributed by atoms with Gasteiger partial charge >= 0.3 is 17.9 Å². The number of hydrogen-bond donors (Lipinski definition) is 4. The fraction of sp³-hybridized carbons (Fsp3) is 0.143. The van der Waals surface area contributed by atoms with Gasteiger partial charge in [0.2, 0.25) is 18.1 Å². The monoisotopic (exact) mass is 615 g/mol. The van der Waals surface area contributed by atoms with Crippen molar-refractivity contribution in [3.8, 4) is 0 Å². The number of amides is 3. The Hall–Kier alpha value is -4.94. The molecule has 0 spiro atoms. The third-order valence-corrected chi connectivity index (χ3v) is 6.14. The van der Waals surface area contributed by atoms with E-state index in [-0.39, 0.29) is 39.1 Å². The number of hydrogen-bond acceptors (Lipinski definition) is 8. The molecule has 0 heterocycles. The molecule has 3 aromatic rings. The van der Waals surface area contributed by atoms with Gasteiger partial charge in [0.25, 0.3) is 11.8 Å². The number of benzene rings is 3. The molecule has 0 bridgehead atoms. The lowest BCUT2D eigenvalue weighted by Gasteiger charge is -2.24.